The van der Waals surface area contributed by atoms with E-state index in [-0.39, 0.29) is 5.41 Å². The Bertz CT molecular complexity index is 507. The fourth-order valence-electron chi connectivity index (χ4n) is 1.21. The summed E-state index contributed by atoms with van der Waals surface area (Å²) in [4.78, 5) is 11.8. The molecule has 0 aromatic heterocycles. The molecular formula is C14H15BrO2S. The third-order valence-electron chi connectivity index (χ3n) is 1.94. The number of aromatic carboxylic acids is 1. The molecule has 1 aromatic carbocycles. The van der Waals surface area contributed by atoms with Gasteiger partial charge in [-0.3, -0.25) is 0 Å². The number of carboxylic acids is 1. The minimum Gasteiger partial charge on any atom is -0.478 e. The minimum atomic E-state index is -0.909. The van der Waals surface area contributed by atoms with Gasteiger partial charge in [-0.15, -0.1) is 11.8 Å². The molecule has 0 spiro atoms. The number of rotatable bonds is 3. The summed E-state index contributed by atoms with van der Waals surface area (Å²) in [6.45, 7) is 6.14. The van der Waals surface area contributed by atoms with Crippen molar-refractivity contribution in [2.75, 3.05) is 5.75 Å². The zero-order valence-corrected chi connectivity index (χ0v) is 13.0. The van der Waals surface area contributed by atoms with Gasteiger partial charge in [-0.2, -0.15) is 0 Å². The average molecular weight is 327 g/mol. The van der Waals surface area contributed by atoms with E-state index in [1.54, 1.807) is 12.1 Å². The van der Waals surface area contributed by atoms with E-state index in [1.807, 2.05) is 26.8 Å². The first-order valence-electron chi connectivity index (χ1n) is 5.45. The number of thioether (sulfide) groups is 1. The summed E-state index contributed by atoms with van der Waals surface area (Å²) >= 11 is 4.79. The molecule has 0 amide bonds. The maximum Gasteiger partial charge on any atom is 0.336 e. The van der Waals surface area contributed by atoms with Gasteiger partial charge in [0.1, 0.15) is 0 Å². The summed E-state index contributed by atoms with van der Waals surface area (Å²) in [7, 11) is 0. The van der Waals surface area contributed by atoms with Gasteiger partial charge in [-0.05, 0) is 39.0 Å². The van der Waals surface area contributed by atoms with E-state index < -0.39 is 5.97 Å². The van der Waals surface area contributed by atoms with Crippen LogP contribution in [0, 0.1) is 17.3 Å². The van der Waals surface area contributed by atoms with Crippen LogP contribution in [0.1, 0.15) is 31.1 Å². The molecule has 0 unspecified atom stereocenters. The zero-order valence-electron chi connectivity index (χ0n) is 10.6. The molecule has 0 aliphatic rings. The molecule has 1 N–H and O–H groups in total. The normalized spacial score (nSPS) is 10.7. The topological polar surface area (TPSA) is 37.3 Å². The van der Waals surface area contributed by atoms with Gasteiger partial charge >= 0.3 is 5.97 Å². The van der Waals surface area contributed by atoms with Crippen molar-refractivity contribution < 1.29 is 9.90 Å². The molecule has 0 saturated heterocycles. The highest BCUT2D eigenvalue weighted by Crippen LogP contribution is 2.26. The summed E-state index contributed by atoms with van der Waals surface area (Å²) in [6.07, 6.45) is 0. The largest absolute Gasteiger partial charge is 0.478 e. The van der Waals surface area contributed by atoms with Gasteiger partial charge in [0.25, 0.3) is 0 Å². The number of hydrogen-bond acceptors (Lipinski definition) is 2. The minimum absolute atomic E-state index is 0.0204. The van der Waals surface area contributed by atoms with Crippen LogP contribution in [0.4, 0.5) is 0 Å². The Morgan fingerprint density at radius 3 is 2.67 bits per heavy atom. The highest BCUT2D eigenvalue weighted by atomic mass is 79.9. The van der Waals surface area contributed by atoms with Crippen LogP contribution in [0.25, 0.3) is 0 Å². The molecule has 0 aliphatic heterocycles. The second kappa shape index (κ2) is 6.31. The van der Waals surface area contributed by atoms with Crippen LogP contribution in [-0.2, 0) is 0 Å². The molecule has 1 rings (SSSR count). The number of benzene rings is 1. The van der Waals surface area contributed by atoms with Crippen molar-refractivity contribution in [2.24, 2.45) is 5.41 Å². The molecule has 0 fully saturated rings. The molecule has 0 bridgehead atoms. The molecule has 1 aromatic rings. The molecule has 0 radical (unpaired) electrons. The monoisotopic (exact) mass is 326 g/mol. The van der Waals surface area contributed by atoms with Crippen LogP contribution in [0.5, 0.6) is 0 Å². The van der Waals surface area contributed by atoms with Gasteiger partial charge in [0.05, 0.1) is 11.3 Å². The van der Waals surface area contributed by atoms with Gasteiger partial charge in [-0.25, -0.2) is 4.79 Å². The van der Waals surface area contributed by atoms with Gasteiger partial charge in [-0.1, -0.05) is 27.8 Å². The highest BCUT2D eigenvalue weighted by molar-refractivity contribution is 9.10. The third kappa shape index (κ3) is 5.16. The summed E-state index contributed by atoms with van der Waals surface area (Å²) in [5.41, 5.74) is 0.300. The van der Waals surface area contributed by atoms with E-state index in [4.69, 9.17) is 5.11 Å². The number of halogens is 1. The summed E-state index contributed by atoms with van der Waals surface area (Å²) < 4.78 is 0.874. The van der Waals surface area contributed by atoms with Gasteiger partial charge < -0.3 is 5.11 Å². The lowest BCUT2D eigenvalue weighted by atomic mass is 9.98. The first kappa shape index (κ1) is 15.1. The Morgan fingerprint density at radius 2 is 2.11 bits per heavy atom. The predicted molar refractivity (Wildman–Crippen MR) is 79.1 cm³/mol. The molecule has 4 heteroatoms. The van der Waals surface area contributed by atoms with Crippen molar-refractivity contribution in [2.45, 2.75) is 25.7 Å². The van der Waals surface area contributed by atoms with E-state index >= 15 is 0 Å². The SMILES string of the molecule is CC(C)(C)C#CCSc1cc(Br)ccc1C(=O)O. The average Bonchev–Trinajstić information content (AvgIpc) is 2.22. The molecule has 0 aliphatic carbocycles. The standard InChI is InChI=1S/C14H15BrO2S/c1-14(2,3)7-4-8-18-12-9-10(15)5-6-11(12)13(16)17/h5-6,9H,8H2,1-3H3,(H,16,17). The summed E-state index contributed by atoms with van der Waals surface area (Å²) in [5.74, 6) is 5.87. The molecular weight excluding hydrogens is 312 g/mol. The van der Waals surface area contributed by atoms with Crippen LogP contribution in [0.2, 0.25) is 0 Å². The lowest BCUT2D eigenvalue weighted by Gasteiger charge is -2.07. The number of hydrogen-bond donors (Lipinski definition) is 1. The predicted octanol–water partition coefficient (Wildman–Crippen LogP) is 4.29. The lowest BCUT2D eigenvalue weighted by Crippen LogP contribution is -2.00. The maximum absolute atomic E-state index is 11.1. The smallest absolute Gasteiger partial charge is 0.336 e. The van der Waals surface area contributed by atoms with Gasteiger partial charge in [0, 0.05) is 14.8 Å². The van der Waals surface area contributed by atoms with E-state index in [9.17, 15) is 4.79 Å². The molecule has 0 heterocycles. The Kier molecular flexibility index (Phi) is 5.30. The third-order valence-corrected chi connectivity index (χ3v) is 3.37. The van der Waals surface area contributed by atoms with Crippen LogP contribution < -0.4 is 0 Å². The Balaban J connectivity index is 2.80. The molecule has 18 heavy (non-hydrogen) atoms. The van der Waals surface area contributed by atoms with Crippen LogP contribution >= 0.6 is 27.7 Å². The van der Waals surface area contributed by atoms with E-state index in [2.05, 4.69) is 27.8 Å². The first-order valence-corrected chi connectivity index (χ1v) is 7.23. The first-order chi connectivity index (χ1) is 8.29. The van der Waals surface area contributed by atoms with Crippen LogP contribution in [0.15, 0.2) is 27.6 Å². The fourth-order valence-corrected chi connectivity index (χ4v) is 2.54. The quantitative estimate of drug-likeness (QED) is 0.665. The second-order valence-corrected chi connectivity index (χ2v) is 6.72. The van der Waals surface area contributed by atoms with E-state index in [0.29, 0.717) is 11.3 Å². The Morgan fingerprint density at radius 1 is 1.44 bits per heavy atom. The van der Waals surface area contributed by atoms with E-state index in [1.165, 1.54) is 11.8 Å². The van der Waals surface area contributed by atoms with Crippen LogP contribution in [0.3, 0.4) is 0 Å². The maximum atomic E-state index is 11.1. The zero-order chi connectivity index (χ0) is 13.8. The number of carboxylic acid groups (broad SMARTS) is 1. The fraction of sp³-hybridized carbons (Fsp3) is 0.357. The van der Waals surface area contributed by atoms with Crippen molar-refractivity contribution in [3.8, 4) is 11.8 Å². The Labute approximate surface area is 120 Å². The second-order valence-electron chi connectivity index (χ2n) is 4.79. The molecule has 0 atom stereocenters. The lowest BCUT2D eigenvalue weighted by molar-refractivity contribution is 0.0693. The van der Waals surface area contributed by atoms with Crippen molar-refractivity contribution in [3.05, 3.63) is 28.2 Å². The molecule has 96 valence electrons. The summed E-state index contributed by atoms with van der Waals surface area (Å²) in [5, 5.41) is 9.08. The van der Waals surface area contributed by atoms with Gasteiger partial charge in [0.15, 0.2) is 0 Å². The summed E-state index contributed by atoms with van der Waals surface area (Å²) in [6, 6.07) is 5.15. The van der Waals surface area contributed by atoms with E-state index in [0.717, 1.165) is 9.37 Å². The van der Waals surface area contributed by atoms with Crippen molar-refractivity contribution >= 4 is 33.7 Å². The van der Waals surface area contributed by atoms with Crippen molar-refractivity contribution in [1.29, 1.82) is 0 Å². The van der Waals surface area contributed by atoms with Crippen molar-refractivity contribution in [1.82, 2.24) is 0 Å². The molecule has 2 nitrogen and oxygen atoms in total. The molecule has 0 saturated carbocycles. The number of carbonyl (C=O) groups is 1. The van der Waals surface area contributed by atoms with Gasteiger partial charge in [0.2, 0.25) is 0 Å². The highest BCUT2D eigenvalue weighted by Gasteiger charge is 2.10. The Hall–Kier alpha value is -0.920. The van der Waals surface area contributed by atoms with Crippen molar-refractivity contribution in [3.63, 3.8) is 0 Å². The van der Waals surface area contributed by atoms with Crippen LogP contribution in [-0.4, -0.2) is 16.8 Å².